The van der Waals surface area contributed by atoms with Gasteiger partial charge in [0.2, 0.25) is 5.43 Å². The van der Waals surface area contributed by atoms with Crippen LogP contribution in [0.4, 0.5) is 0 Å². The number of carbonyl (C=O) groups excluding carboxylic acids is 2. The largest absolute Gasteiger partial charge is 0.491 e. The Labute approximate surface area is 158 Å². The van der Waals surface area contributed by atoms with Crippen molar-refractivity contribution >= 4 is 11.9 Å². The first-order valence-electron chi connectivity index (χ1n) is 9.11. The van der Waals surface area contributed by atoms with Crippen molar-refractivity contribution in [2.75, 3.05) is 27.9 Å². The second-order valence-corrected chi connectivity index (χ2v) is 6.41. The second-order valence-electron chi connectivity index (χ2n) is 6.41. The fourth-order valence-corrected chi connectivity index (χ4v) is 3.41. The molecular formula is C19H27NO7. The third-order valence-corrected chi connectivity index (χ3v) is 4.79. The van der Waals surface area contributed by atoms with Crippen LogP contribution >= 0.6 is 0 Å². The zero-order valence-electron chi connectivity index (χ0n) is 16.3. The lowest BCUT2D eigenvalue weighted by Crippen LogP contribution is -2.31. The first kappa shape index (κ1) is 21.0. The molecule has 0 radical (unpaired) electrons. The molecule has 0 aliphatic heterocycles. The van der Waals surface area contributed by atoms with Crippen LogP contribution < -0.4 is 10.2 Å². The molecule has 1 saturated carbocycles. The summed E-state index contributed by atoms with van der Waals surface area (Å²) in [5, 5.41) is 0. The van der Waals surface area contributed by atoms with Gasteiger partial charge >= 0.3 is 11.9 Å². The maximum Gasteiger partial charge on any atom is 0.358 e. The summed E-state index contributed by atoms with van der Waals surface area (Å²) < 4.78 is 22.3. The molecule has 1 aromatic rings. The molecule has 1 aliphatic carbocycles. The summed E-state index contributed by atoms with van der Waals surface area (Å²) in [6, 6.07) is -0.214. The smallest absolute Gasteiger partial charge is 0.358 e. The van der Waals surface area contributed by atoms with Crippen LogP contribution in [0.2, 0.25) is 0 Å². The first-order valence-corrected chi connectivity index (χ1v) is 9.11. The number of aromatic nitrogens is 1. The van der Waals surface area contributed by atoms with Gasteiger partial charge in [0.25, 0.3) is 0 Å². The van der Waals surface area contributed by atoms with Crippen molar-refractivity contribution in [1.82, 2.24) is 4.57 Å². The monoisotopic (exact) mass is 381 g/mol. The Morgan fingerprint density at radius 3 is 2.44 bits per heavy atom. The van der Waals surface area contributed by atoms with Crippen molar-refractivity contribution in [3.05, 3.63) is 27.7 Å². The lowest BCUT2D eigenvalue weighted by molar-refractivity contribution is 0.0270. The Morgan fingerprint density at radius 1 is 1.15 bits per heavy atom. The number of methoxy groups -OCH3 is 3. The molecule has 8 nitrogen and oxygen atoms in total. The fraction of sp³-hybridized carbons (Fsp3) is 0.632. The van der Waals surface area contributed by atoms with E-state index in [0.29, 0.717) is 6.61 Å². The number of ether oxygens (including phenoxy) is 4. The Bertz CT molecular complexity index is 740. The molecule has 2 atom stereocenters. The molecule has 0 bridgehead atoms. The zero-order chi connectivity index (χ0) is 20.0. The van der Waals surface area contributed by atoms with Gasteiger partial charge in [-0.25, -0.2) is 9.59 Å². The summed E-state index contributed by atoms with van der Waals surface area (Å²) in [6.07, 6.45) is 5.67. The van der Waals surface area contributed by atoms with E-state index in [9.17, 15) is 14.4 Å². The number of hydrogen-bond donors (Lipinski definition) is 0. The molecule has 8 heteroatoms. The predicted molar refractivity (Wildman–Crippen MR) is 97.5 cm³/mol. The molecule has 1 aromatic heterocycles. The van der Waals surface area contributed by atoms with Gasteiger partial charge in [-0.3, -0.25) is 4.79 Å². The summed E-state index contributed by atoms with van der Waals surface area (Å²) in [4.78, 5) is 37.1. The Hall–Kier alpha value is -2.35. The van der Waals surface area contributed by atoms with Crippen molar-refractivity contribution in [2.24, 2.45) is 0 Å². The molecule has 0 N–H and O–H groups in total. The van der Waals surface area contributed by atoms with Gasteiger partial charge in [0.1, 0.15) is 5.56 Å². The number of nitrogens with zero attached hydrogens (tertiary/aromatic N) is 1. The summed E-state index contributed by atoms with van der Waals surface area (Å²) >= 11 is 0. The molecule has 2 rings (SSSR count). The summed E-state index contributed by atoms with van der Waals surface area (Å²) in [5.41, 5.74) is -0.919. The van der Waals surface area contributed by atoms with E-state index in [-0.39, 0.29) is 29.2 Å². The summed E-state index contributed by atoms with van der Waals surface area (Å²) in [5.74, 6) is -1.73. The van der Waals surface area contributed by atoms with Crippen LogP contribution in [-0.4, -0.2) is 50.5 Å². The van der Waals surface area contributed by atoms with Gasteiger partial charge in [-0.1, -0.05) is 13.3 Å². The molecule has 0 aromatic carbocycles. The van der Waals surface area contributed by atoms with Crippen LogP contribution in [-0.2, 0) is 14.2 Å². The SMILES string of the molecule is CCCCO[C@H]1CCC[C@@H]1n1cc(C(=O)OC)c(=O)c(OC)c1C(=O)OC. The van der Waals surface area contributed by atoms with E-state index >= 15 is 0 Å². The van der Waals surface area contributed by atoms with Crippen molar-refractivity contribution < 1.29 is 28.5 Å². The highest BCUT2D eigenvalue weighted by Gasteiger charge is 2.35. The molecule has 1 fully saturated rings. The van der Waals surface area contributed by atoms with Gasteiger partial charge in [-0.15, -0.1) is 0 Å². The highest BCUT2D eigenvalue weighted by molar-refractivity contribution is 5.94. The van der Waals surface area contributed by atoms with Crippen LogP contribution in [0.15, 0.2) is 11.0 Å². The van der Waals surface area contributed by atoms with E-state index in [0.717, 1.165) is 32.1 Å². The second kappa shape index (κ2) is 9.55. The minimum absolute atomic E-state index is 0.0198. The van der Waals surface area contributed by atoms with Gasteiger partial charge < -0.3 is 23.5 Å². The third kappa shape index (κ3) is 4.32. The Morgan fingerprint density at radius 2 is 1.85 bits per heavy atom. The average Bonchev–Trinajstić information content (AvgIpc) is 3.14. The van der Waals surface area contributed by atoms with E-state index in [1.165, 1.54) is 27.5 Å². The summed E-state index contributed by atoms with van der Waals surface area (Å²) in [7, 11) is 3.70. The third-order valence-electron chi connectivity index (χ3n) is 4.79. The fourth-order valence-electron chi connectivity index (χ4n) is 3.41. The molecular weight excluding hydrogens is 354 g/mol. The topological polar surface area (TPSA) is 93.1 Å². The van der Waals surface area contributed by atoms with Crippen molar-refractivity contribution in [2.45, 2.75) is 51.2 Å². The minimum atomic E-state index is -0.787. The number of carbonyl (C=O) groups is 2. The quantitative estimate of drug-likeness (QED) is 0.504. The Balaban J connectivity index is 2.59. The van der Waals surface area contributed by atoms with Crippen LogP contribution in [0, 0.1) is 0 Å². The molecule has 1 heterocycles. The number of esters is 2. The van der Waals surface area contributed by atoms with E-state index in [1.54, 1.807) is 4.57 Å². The summed E-state index contributed by atoms with van der Waals surface area (Å²) in [6.45, 7) is 2.70. The van der Waals surface area contributed by atoms with E-state index in [4.69, 9.17) is 18.9 Å². The number of hydrogen-bond acceptors (Lipinski definition) is 7. The molecule has 0 amide bonds. The minimum Gasteiger partial charge on any atom is -0.491 e. The van der Waals surface area contributed by atoms with Crippen molar-refractivity contribution in [3.63, 3.8) is 0 Å². The molecule has 0 unspecified atom stereocenters. The number of unbranched alkanes of at least 4 members (excludes halogenated alkanes) is 1. The van der Waals surface area contributed by atoms with Gasteiger partial charge in [0.15, 0.2) is 11.4 Å². The lowest BCUT2D eigenvalue weighted by Gasteiger charge is -2.26. The maximum atomic E-state index is 12.6. The van der Waals surface area contributed by atoms with E-state index in [1.807, 2.05) is 0 Å². The van der Waals surface area contributed by atoms with Crippen molar-refractivity contribution in [1.29, 1.82) is 0 Å². The van der Waals surface area contributed by atoms with Crippen LogP contribution in [0.5, 0.6) is 5.75 Å². The Kier molecular flexibility index (Phi) is 7.41. The first-order chi connectivity index (χ1) is 13.0. The normalized spacial score (nSPS) is 19.0. The molecule has 0 saturated heterocycles. The molecule has 27 heavy (non-hydrogen) atoms. The standard InChI is InChI=1S/C19H27NO7/c1-5-6-10-27-14-9-7-8-13(14)20-11-12(18(22)25-3)16(21)17(24-2)15(20)19(23)26-4/h11,13-14H,5-10H2,1-4H3/t13-,14-/m0/s1. The van der Waals surface area contributed by atoms with Crippen molar-refractivity contribution in [3.8, 4) is 5.75 Å². The molecule has 1 aliphatic rings. The van der Waals surface area contributed by atoms with E-state index < -0.39 is 17.4 Å². The number of rotatable bonds is 8. The average molecular weight is 381 g/mol. The highest BCUT2D eigenvalue weighted by Crippen LogP contribution is 2.35. The molecule has 0 spiro atoms. The van der Waals surface area contributed by atoms with Crippen LogP contribution in [0.25, 0.3) is 0 Å². The van der Waals surface area contributed by atoms with Gasteiger partial charge in [-0.05, 0) is 25.7 Å². The maximum absolute atomic E-state index is 12.6. The molecule has 150 valence electrons. The highest BCUT2D eigenvalue weighted by atomic mass is 16.5. The number of pyridine rings is 1. The van der Waals surface area contributed by atoms with E-state index in [2.05, 4.69) is 6.92 Å². The lowest BCUT2D eigenvalue weighted by atomic mass is 10.1. The predicted octanol–water partition coefficient (Wildman–Crippen LogP) is 2.34. The zero-order valence-corrected chi connectivity index (χ0v) is 16.3. The van der Waals surface area contributed by atoms with Crippen LogP contribution in [0.1, 0.15) is 65.9 Å². The van der Waals surface area contributed by atoms with Gasteiger partial charge in [0, 0.05) is 12.8 Å². The van der Waals surface area contributed by atoms with Crippen LogP contribution in [0.3, 0.4) is 0 Å². The van der Waals surface area contributed by atoms with Gasteiger partial charge in [0.05, 0.1) is 33.5 Å². The van der Waals surface area contributed by atoms with Gasteiger partial charge in [-0.2, -0.15) is 0 Å².